The van der Waals surface area contributed by atoms with Crippen molar-refractivity contribution in [2.45, 2.75) is 25.3 Å². The molecule has 0 atom stereocenters. The quantitative estimate of drug-likeness (QED) is 0.572. The number of fused-ring (bicyclic) bond motifs is 3. The lowest BCUT2D eigenvalue weighted by molar-refractivity contribution is 0.0702. The van der Waals surface area contributed by atoms with Gasteiger partial charge in [0.2, 0.25) is 10.0 Å². The molecule has 1 aromatic carbocycles. The van der Waals surface area contributed by atoms with E-state index in [-0.39, 0.29) is 5.91 Å². The summed E-state index contributed by atoms with van der Waals surface area (Å²) in [5.74, 6) is 0.796. The summed E-state index contributed by atoms with van der Waals surface area (Å²) in [5.41, 5.74) is 2.04. The SMILES string of the molecule is Cc1cc(S(=O)(=O)N2CCN(C(=O)c3cc4c(s3)-c3ccccc3OC4)CC2)c(C)s1. The van der Waals surface area contributed by atoms with Crippen LogP contribution in [0.2, 0.25) is 0 Å². The first-order valence-corrected chi connectivity index (χ1v) is 13.1. The standard InChI is InChI=1S/C22H22N2O4S3/c1-14-11-20(15(2)29-14)31(26,27)24-9-7-23(8-10-24)22(25)19-12-16-13-28-18-6-4-3-5-17(18)21(16)30-19/h3-6,11-12H,7-10,13H2,1-2H3. The number of sulfonamides is 1. The molecular formula is C22H22N2O4S3. The highest BCUT2D eigenvalue weighted by Gasteiger charge is 2.33. The molecule has 1 saturated heterocycles. The lowest BCUT2D eigenvalue weighted by atomic mass is 10.1. The fraction of sp³-hybridized carbons (Fsp3) is 0.318. The number of rotatable bonds is 3. The fourth-order valence-electron chi connectivity index (χ4n) is 4.09. The number of benzene rings is 1. The maximum Gasteiger partial charge on any atom is 0.264 e. The predicted octanol–water partition coefficient (Wildman–Crippen LogP) is 4.13. The van der Waals surface area contributed by atoms with Crippen molar-refractivity contribution < 1.29 is 17.9 Å². The first-order valence-electron chi connectivity index (χ1n) is 10.1. The lowest BCUT2D eigenvalue weighted by Gasteiger charge is -2.33. The Labute approximate surface area is 189 Å². The van der Waals surface area contributed by atoms with E-state index >= 15 is 0 Å². The molecule has 0 N–H and O–H groups in total. The second-order valence-corrected chi connectivity index (χ2v) is 12.1. The van der Waals surface area contributed by atoms with Crippen LogP contribution >= 0.6 is 22.7 Å². The van der Waals surface area contributed by atoms with Crippen molar-refractivity contribution in [2.75, 3.05) is 26.2 Å². The maximum atomic E-state index is 13.1. The van der Waals surface area contributed by atoms with E-state index in [1.807, 2.05) is 44.2 Å². The van der Waals surface area contributed by atoms with Gasteiger partial charge in [0.05, 0.1) is 9.77 Å². The van der Waals surface area contributed by atoms with Crippen LogP contribution in [0.1, 0.15) is 25.0 Å². The number of thiophene rings is 2. The highest BCUT2D eigenvalue weighted by molar-refractivity contribution is 7.89. The molecule has 9 heteroatoms. The molecule has 0 spiro atoms. The molecule has 2 aromatic heterocycles. The fourth-order valence-corrected chi connectivity index (χ4v) is 8.21. The number of carbonyl (C=O) groups excluding carboxylic acids is 1. The molecule has 2 aliphatic rings. The molecule has 1 fully saturated rings. The van der Waals surface area contributed by atoms with Crippen molar-refractivity contribution in [1.29, 1.82) is 0 Å². The summed E-state index contributed by atoms with van der Waals surface area (Å²) in [6.07, 6.45) is 0. The van der Waals surface area contributed by atoms with E-state index in [9.17, 15) is 13.2 Å². The van der Waals surface area contributed by atoms with Crippen LogP contribution in [0.5, 0.6) is 5.75 Å². The normalized spacial score (nSPS) is 16.5. The van der Waals surface area contributed by atoms with Crippen LogP contribution in [0.25, 0.3) is 10.4 Å². The summed E-state index contributed by atoms with van der Waals surface area (Å²) < 4.78 is 33.4. The molecule has 162 valence electrons. The van der Waals surface area contributed by atoms with Crippen molar-refractivity contribution >= 4 is 38.6 Å². The van der Waals surface area contributed by atoms with Crippen LogP contribution in [-0.4, -0.2) is 49.7 Å². The van der Waals surface area contributed by atoms with Gasteiger partial charge in [-0.2, -0.15) is 4.31 Å². The minimum absolute atomic E-state index is 0.0449. The smallest absolute Gasteiger partial charge is 0.264 e. The molecule has 1 amide bonds. The van der Waals surface area contributed by atoms with Crippen molar-refractivity contribution in [3.8, 4) is 16.2 Å². The third kappa shape index (κ3) is 3.59. The zero-order chi connectivity index (χ0) is 21.8. The van der Waals surface area contributed by atoms with Gasteiger partial charge in [-0.25, -0.2) is 8.42 Å². The average Bonchev–Trinajstić information content (AvgIpc) is 3.36. The summed E-state index contributed by atoms with van der Waals surface area (Å²) in [7, 11) is -3.53. The Morgan fingerprint density at radius 1 is 1.03 bits per heavy atom. The summed E-state index contributed by atoms with van der Waals surface area (Å²) >= 11 is 2.98. The number of para-hydroxylation sites is 1. The highest BCUT2D eigenvalue weighted by atomic mass is 32.2. The molecule has 0 aliphatic carbocycles. The molecule has 0 unspecified atom stereocenters. The number of piperazine rings is 1. The number of aryl methyl sites for hydroxylation is 2. The van der Waals surface area contributed by atoms with E-state index in [2.05, 4.69) is 0 Å². The van der Waals surface area contributed by atoms with Gasteiger partial charge in [0.1, 0.15) is 12.4 Å². The van der Waals surface area contributed by atoms with Gasteiger partial charge in [-0.1, -0.05) is 12.1 Å². The number of carbonyl (C=O) groups is 1. The Hall–Kier alpha value is -2.20. The van der Waals surface area contributed by atoms with E-state index < -0.39 is 10.0 Å². The summed E-state index contributed by atoms with van der Waals surface area (Å²) in [5, 5.41) is 0. The molecule has 0 saturated carbocycles. The first-order chi connectivity index (χ1) is 14.8. The number of ether oxygens (including phenoxy) is 1. The Balaban J connectivity index is 1.31. The molecule has 5 rings (SSSR count). The molecule has 6 nitrogen and oxygen atoms in total. The van der Waals surface area contributed by atoms with Gasteiger partial charge in [0.25, 0.3) is 5.91 Å². The van der Waals surface area contributed by atoms with Crippen LogP contribution in [0.4, 0.5) is 0 Å². The zero-order valence-electron chi connectivity index (χ0n) is 17.3. The minimum Gasteiger partial charge on any atom is -0.488 e. The molecular weight excluding hydrogens is 452 g/mol. The third-order valence-electron chi connectivity index (χ3n) is 5.67. The summed E-state index contributed by atoms with van der Waals surface area (Å²) in [4.78, 5) is 18.8. The zero-order valence-corrected chi connectivity index (χ0v) is 19.7. The lowest BCUT2D eigenvalue weighted by Crippen LogP contribution is -2.50. The van der Waals surface area contributed by atoms with Gasteiger partial charge < -0.3 is 9.64 Å². The summed E-state index contributed by atoms with van der Waals surface area (Å²) in [6.45, 7) is 5.59. The second kappa shape index (κ2) is 7.74. The van der Waals surface area contributed by atoms with Gasteiger partial charge in [-0.05, 0) is 38.1 Å². The molecule has 0 bridgehead atoms. The Bertz CT molecular complexity index is 1270. The van der Waals surface area contributed by atoms with Gasteiger partial charge in [-0.15, -0.1) is 22.7 Å². The number of hydrogen-bond donors (Lipinski definition) is 0. The van der Waals surface area contributed by atoms with E-state index in [0.717, 1.165) is 31.5 Å². The minimum atomic E-state index is -3.53. The maximum absolute atomic E-state index is 13.1. The topological polar surface area (TPSA) is 66.9 Å². The van der Waals surface area contributed by atoms with Gasteiger partial charge in [-0.3, -0.25) is 4.79 Å². The van der Waals surface area contributed by atoms with Crippen molar-refractivity contribution in [3.05, 3.63) is 56.6 Å². The van der Waals surface area contributed by atoms with Gasteiger partial charge in [0.15, 0.2) is 0 Å². The first kappa shape index (κ1) is 20.7. The van der Waals surface area contributed by atoms with Gasteiger partial charge in [0, 0.05) is 51.9 Å². The van der Waals surface area contributed by atoms with Crippen LogP contribution in [0, 0.1) is 13.8 Å². The van der Waals surface area contributed by atoms with Crippen LogP contribution in [0.15, 0.2) is 41.3 Å². The van der Waals surface area contributed by atoms with Crippen LogP contribution in [-0.2, 0) is 16.6 Å². The van der Waals surface area contributed by atoms with E-state index in [1.54, 1.807) is 11.0 Å². The monoisotopic (exact) mass is 474 g/mol. The Morgan fingerprint density at radius 2 is 1.77 bits per heavy atom. The number of nitrogens with zero attached hydrogens (tertiary/aromatic N) is 2. The van der Waals surface area contributed by atoms with Crippen molar-refractivity contribution in [2.24, 2.45) is 0 Å². The number of hydrogen-bond acceptors (Lipinski definition) is 6. The second-order valence-electron chi connectivity index (χ2n) is 7.72. The average molecular weight is 475 g/mol. The van der Waals surface area contributed by atoms with E-state index in [4.69, 9.17) is 4.74 Å². The Kier molecular flexibility index (Phi) is 5.16. The van der Waals surface area contributed by atoms with Crippen LogP contribution < -0.4 is 4.74 Å². The molecule has 31 heavy (non-hydrogen) atoms. The van der Waals surface area contributed by atoms with E-state index in [0.29, 0.717) is 42.6 Å². The summed E-state index contributed by atoms with van der Waals surface area (Å²) in [6, 6.07) is 11.5. The van der Waals surface area contributed by atoms with Crippen molar-refractivity contribution in [1.82, 2.24) is 9.21 Å². The largest absolute Gasteiger partial charge is 0.488 e. The molecule has 3 aromatic rings. The molecule has 4 heterocycles. The van der Waals surface area contributed by atoms with Gasteiger partial charge >= 0.3 is 0 Å². The Morgan fingerprint density at radius 3 is 2.48 bits per heavy atom. The predicted molar refractivity (Wildman–Crippen MR) is 123 cm³/mol. The van der Waals surface area contributed by atoms with Crippen LogP contribution in [0.3, 0.4) is 0 Å². The highest BCUT2D eigenvalue weighted by Crippen LogP contribution is 2.42. The number of amides is 1. The molecule has 0 radical (unpaired) electrons. The van der Waals surface area contributed by atoms with Crippen molar-refractivity contribution in [3.63, 3.8) is 0 Å². The third-order valence-corrected chi connectivity index (χ3v) is 9.99. The van der Waals surface area contributed by atoms with E-state index in [1.165, 1.54) is 27.0 Å². The molecule has 2 aliphatic heterocycles.